The normalized spacial score (nSPS) is 17.2. The van der Waals surface area contributed by atoms with E-state index in [4.69, 9.17) is 4.74 Å². The first-order chi connectivity index (χ1) is 17.2. The van der Waals surface area contributed by atoms with Crippen LogP contribution in [0.3, 0.4) is 0 Å². The number of rotatable bonds is 8. The van der Waals surface area contributed by atoms with E-state index >= 15 is 0 Å². The number of aliphatic hydroxyl groups excluding tert-OH is 1. The lowest BCUT2D eigenvalue weighted by Gasteiger charge is -2.37. The molecule has 3 aromatic rings. The lowest BCUT2D eigenvalue weighted by molar-refractivity contribution is -0.119. The maximum atomic E-state index is 12.9. The summed E-state index contributed by atoms with van der Waals surface area (Å²) in [6, 6.07) is 26.4. The molecule has 5 rings (SSSR count). The number of anilines is 2. The largest absolute Gasteiger partial charge is 0.489 e. The van der Waals surface area contributed by atoms with Crippen molar-refractivity contribution >= 4 is 17.3 Å². The van der Waals surface area contributed by atoms with Crippen molar-refractivity contribution in [3.05, 3.63) is 90.0 Å². The number of piperazine rings is 1. The minimum absolute atomic E-state index is 0.106. The fraction of sp³-hybridized carbons (Fsp3) is 0.345. The molecule has 1 saturated heterocycles. The molecular weight excluding hydrogens is 438 g/mol. The predicted octanol–water partition coefficient (Wildman–Crippen LogP) is 3.73. The van der Waals surface area contributed by atoms with Crippen molar-refractivity contribution in [2.24, 2.45) is 0 Å². The van der Waals surface area contributed by atoms with Gasteiger partial charge in [0.05, 0.1) is 12.2 Å². The van der Waals surface area contributed by atoms with E-state index in [9.17, 15) is 9.90 Å². The number of aryl methyl sites for hydroxylation is 1. The molecule has 0 aliphatic carbocycles. The third-order valence-electron chi connectivity index (χ3n) is 6.84. The molecule has 182 valence electrons. The van der Waals surface area contributed by atoms with Crippen LogP contribution in [-0.4, -0.2) is 61.3 Å². The second-order valence-corrected chi connectivity index (χ2v) is 9.32. The van der Waals surface area contributed by atoms with Crippen LogP contribution in [0.15, 0.2) is 78.9 Å². The zero-order valence-electron chi connectivity index (χ0n) is 20.1. The number of fused-ring (bicyclic) bond motifs is 1. The maximum absolute atomic E-state index is 12.9. The molecule has 1 unspecified atom stereocenters. The van der Waals surface area contributed by atoms with Gasteiger partial charge in [0.15, 0.2) is 0 Å². The van der Waals surface area contributed by atoms with Gasteiger partial charge in [0.1, 0.15) is 18.5 Å². The summed E-state index contributed by atoms with van der Waals surface area (Å²) < 4.78 is 6.13. The Morgan fingerprint density at radius 2 is 1.54 bits per heavy atom. The molecule has 1 N–H and O–H groups in total. The highest BCUT2D eigenvalue weighted by molar-refractivity contribution is 5.98. The van der Waals surface area contributed by atoms with Gasteiger partial charge in [-0.2, -0.15) is 0 Å². The van der Waals surface area contributed by atoms with Gasteiger partial charge in [-0.15, -0.1) is 0 Å². The van der Waals surface area contributed by atoms with Gasteiger partial charge in [0.2, 0.25) is 5.91 Å². The Morgan fingerprint density at radius 1 is 0.829 bits per heavy atom. The Balaban J connectivity index is 1.19. The molecule has 2 heterocycles. The maximum Gasteiger partial charge on any atom is 0.227 e. The molecule has 1 amide bonds. The van der Waals surface area contributed by atoms with Crippen LogP contribution in [0.5, 0.6) is 5.75 Å². The zero-order chi connectivity index (χ0) is 24.0. The highest BCUT2D eigenvalue weighted by Crippen LogP contribution is 2.37. The van der Waals surface area contributed by atoms with Gasteiger partial charge in [-0.3, -0.25) is 9.69 Å². The van der Waals surface area contributed by atoms with Gasteiger partial charge in [-0.05, 0) is 35.7 Å². The van der Waals surface area contributed by atoms with E-state index in [-0.39, 0.29) is 12.5 Å². The summed E-state index contributed by atoms with van der Waals surface area (Å²) in [7, 11) is 0. The fourth-order valence-electron chi connectivity index (χ4n) is 4.99. The molecule has 35 heavy (non-hydrogen) atoms. The van der Waals surface area contributed by atoms with Gasteiger partial charge in [0.25, 0.3) is 0 Å². The third kappa shape index (κ3) is 5.66. The summed E-state index contributed by atoms with van der Waals surface area (Å²) in [5.74, 6) is 0.772. The second-order valence-electron chi connectivity index (χ2n) is 9.32. The van der Waals surface area contributed by atoms with Crippen LogP contribution in [0.1, 0.15) is 17.5 Å². The van der Waals surface area contributed by atoms with Crippen LogP contribution in [0.4, 0.5) is 11.4 Å². The number of carbonyl (C=O) groups is 1. The summed E-state index contributed by atoms with van der Waals surface area (Å²) in [6.07, 6.45) is 0.613. The molecule has 0 spiro atoms. The van der Waals surface area contributed by atoms with E-state index in [2.05, 4.69) is 40.1 Å². The monoisotopic (exact) mass is 471 g/mol. The van der Waals surface area contributed by atoms with E-state index in [1.54, 1.807) is 0 Å². The highest BCUT2D eigenvalue weighted by atomic mass is 16.5. The number of ether oxygens (including phenoxy) is 1. The third-order valence-corrected chi connectivity index (χ3v) is 6.84. The van der Waals surface area contributed by atoms with Gasteiger partial charge < -0.3 is 19.6 Å². The first-order valence-corrected chi connectivity index (χ1v) is 12.5. The number of hydrogen-bond acceptors (Lipinski definition) is 5. The van der Waals surface area contributed by atoms with Crippen molar-refractivity contribution in [1.82, 2.24) is 4.90 Å². The van der Waals surface area contributed by atoms with Gasteiger partial charge >= 0.3 is 0 Å². The molecule has 0 aromatic heterocycles. The topological polar surface area (TPSA) is 56.3 Å². The van der Waals surface area contributed by atoms with Gasteiger partial charge in [-0.25, -0.2) is 0 Å². The summed E-state index contributed by atoms with van der Waals surface area (Å²) in [5, 5.41) is 10.7. The molecule has 6 heteroatoms. The molecule has 3 aromatic carbocycles. The van der Waals surface area contributed by atoms with E-state index in [1.165, 1.54) is 5.69 Å². The standard InChI is InChI=1S/C29H33N3O3/c33-26(21-30-16-18-31(19-17-30)25-11-5-2-6-12-25)22-35-27-13-7-10-24-14-15-28(34)32(29(24)27)20-23-8-3-1-4-9-23/h1-13,26,33H,14-22H2. The van der Waals surface area contributed by atoms with Crippen molar-refractivity contribution in [2.45, 2.75) is 25.5 Å². The Morgan fingerprint density at radius 3 is 2.29 bits per heavy atom. The first kappa shape index (κ1) is 23.4. The number of benzene rings is 3. The van der Waals surface area contributed by atoms with Crippen molar-refractivity contribution in [2.75, 3.05) is 49.1 Å². The van der Waals surface area contributed by atoms with E-state index in [0.29, 0.717) is 31.7 Å². The molecule has 2 aliphatic rings. The average Bonchev–Trinajstić information content (AvgIpc) is 2.90. The number of β-amino-alcohol motifs (C(OH)–C–C–N with tert-alkyl or cyclic N) is 1. The zero-order valence-corrected chi connectivity index (χ0v) is 20.1. The highest BCUT2D eigenvalue weighted by Gasteiger charge is 2.28. The van der Waals surface area contributed by atoms with Gasteiger partial charge in [0, 0.05) is 44.8 Å². The number of nitrogens with zero attached hydrogens (tertiary/aromatic N) is 3. The number of aliphatic hydroxyl groups is 1. The average molecular weight is 472 g/mol. The molecule has 2 aliphatic heterocycles. The number of amides is 1. The number of para-hydroxylation sites is 2. The molecule has 0 saturated carbocycles. The quantitative estimate of drug-likeness (QED) is 0.543. The Kier molecular flexibility index (Phi) is 7.31. The van der Waals surface area contributed by atoms with E-state index < -0.39 is 6.10 Å². The Labute approximate surface area is 207 Å². The molecule has 0 bridgehead atoms. The summed E-state index contributed by atoms with van der Waals surface area (Å²) in [5.41, 5.74) is 4.29. The smallest absolute Gasteiger partial charge is 0.227 e. The van der Waals surface area contributed by atoms with Crippen LogP contribution in [0.2, 0.25) is 0 Å². The summed E-state index contributed by atoms with van der Waals surface area (Å²) >= 11 is 0. The van der Waals surface area contributed by atoms with Crippen LogP contribution < -0.4 is 14.5 Å². The molecule has 1 fully saturated rings. The van der Waals surface area contributed by atoms with Crippen LogP contribution >= 0.6 is 0 Å². The van der Waals surface area contributed by atoms with Crippen LogP contribution in [-0.2, 0) is 17.8 Å². The van der Waals surface area contributed by atoms with Crippen molar-refractivity contribution in [1.29, 1.82) is 0 Å². The lowest BCUT2D eigenvalue weighted by atomic mass is 9.99. The summed E-state index contributed by atoms with van der Waals surface area (Å²) in [6.45, 7) is 4.99. The second kappa shape index (κ2) is 10.9. The lowest BCUT2D eigenvalue weighted by Crippen LogP contribution is -2.49. The SMILES string of the molecule is O=C1CCc2cccc(OCC(O)CN3CCN(c4ccccc4)CC3)c2N1Cc1ccccc1. The minimum Gasteiger partial charge on any atom is -0.489 e. The van der Waals surface area contributed by atoms with Crippen LogP contribution in [0.25, 0.3) is 0 Å². The Bertz CT molecular complexity index is 1110. The van der Waals surface area contributed by atoms with Crippen molar-refractivity contribution in [3.8, 4) is 5.75 Å². The van der Waals surface area contributed by atoms with E-state index in [0.717, 1.165) is 43.0 Å². The minimum atomic E-state index is -0.601. The molecular formula is C29H33N3O3. The number of hydrogen-bond donors (Lipinski definition) is 1. The number of carbonyl (C=O) groups excluding carboxylic acids is 1. The van der Waals surface area contributed by atoms with E-state index in [1.807, 2.05) is 53.4 Å². The Hall–Kier alpha value is -3.35. The fourth-order valence-corrected chi connectivity index (χ4v) is 4.99. The molecule has 1 atom stereocenters. The predicted molar refractivity (Wildman–Crippen MR) is 139 cm³/mol. The molecule has 6 nitrogen and oxygen atoms in total. The van der Waals surface area contributed by atoms with Crippen molar-refractivity contribution < 1.29 is 14.6 Å². The first-order valence-electron chi connectivity index (χ1n) is 12.5. The van der Waals surface area contributed by atoms with Crippen molar-refractivity contribution in [3.63, 3.8) is 0 Å². The van der Waals surface area contributed by atoms with Gasteiger partial charge in [-0.1, -0.05) is 60.7 Å². The van der Waals surface area contributed by atoms with Crippen LogP contribution in [0, 0.1) is 0 Å². The molecule has 0 radical (unpaired) electrons. The summed E-state index contributed by atoms with van der Waals surface area (Å²) in [4.78, 5) is 19.4.